The Morgan fingerprint density at radius 2 is 1.88 bits per heavy atom. The molecule has 0 saturated carbocycles. The fourth-order valence-corrected chi connectivity index (χ4v) is 3.01. The summed E-state index contributed by atoms with van der Waals surface area (Å²) in [6.07, 6.45) is 3.27. The van der Waals surface area contributed by atoms with E-state index in [1.54, 1.807) is 49.2 Å². The quantitative estimate of drug-likeness (QED) is 0.573. The smallest absolute Gasteiger partial charge is 0.143 e. The number of nitrogens with two attached hydrogens (primary N) is 1. The van der Waals surface area contributed by atoms with E-state index in [1.165, 1.54) is 12.4 Å². The van der Waals surface area contributed by atoms with Gasteiger partial charge in [0, 0.05) is 35.8 Å². The number of aromatic nitrogens is 4. The molecule has 2 heterocycles. The number of halogens is 1. The molecule has 0 bridgehead atoms. The van der Waals surface area contributed by atoms with Crippen LogP contribution >= 0.6 is 0 Å². The first-order chi connectivity index (χ1) is 12.6. The van der Waals surface area contributed by atoms with Gasteiger partial charge in [-0.2, -0.15) is 5.10 Å². The summed E-state index contributed by atoms with van der Waals surface area (Å²) in [7, 11) is 3.34. The maximum atomic E-state index is 14.3. The summed E-state index contributed by atoms with van der Waals surface area (Å²) in [5.41, 5.74) is 9.49. The van der Waals surface area contributed by atoms with Crippen molar-refractivity contribution in [3.63, 3.8) is 0 Å². The van der Waals surface area contributed by atoms with Gasteiger partial charge >= 0.3 is 0 Å². The molecule has 0 fully saturated rings. The molecule has 4 aromatic rings. The molecule has 0 aliphatic heterocycles. The van der Waals surface area contributed by atoms with E-state index < -0.39 is 0 Å². The number of hydrogen-bond acceptors (Lipinski definition) is 5. The number of nitrogen functional groups attached to an aromatic ring is 1. The third-order valence-corrected chi connectivity index (χ3v) is 4.20. The van der Waals surface area contributed by atoms with E-state index in [4.69, 9.17) is 10.5 Å². The average Bonchev–Trinajstić information content (AvgIpc) is 3.02. The highest BCUT2D eigenvalue weighted by atomic mass is 19.1. The minimum absolute atomic E-state index is 0.341. The van der Waals surface area contributed by atoms with Gasteiger partial charge in [-0.3, -0.25) is 4.68 Å². The number of benzene rings is 2. The third kappa shape index (κ3) is 2.54. The van der Waals surface area contributed by atoms with E-state index in [0.29, 0.717) is 39.5 Å². The lowest BCUT2D eigenvalue weighted by Crippen LogP contribution is -1.96. The van der Waals surface area contributed by atoms with Crippen molar-refractivity contribution in [1.82, 2.24) is 19.7 Å². The van der Waals surface area contributed by atoms with Gasteiger partial charge in [0.1, 0.15) is 23.6 Å². The first-order valence-corrected chi connectivity index (χ1v) is 7.95. The van der Waals surface area contributed by atoms with Crippen molar-refractivity contribution in [3.8, 4) is 28.3 Å². The van der Waals surface area contributed by atoms with Crippen molar-refractivity contribution in [3.05, 3.63) is 54.7 Å². The molecule has 7 heteroatoms. The van der Waals surface area contributed by atoms with Crippen LogP contribution in [0.5, 0.6) is 5.75 Å². The van der Waals surface area contributed by atoms with Crippen molar-refractivity contribution in [2.24, 2.45) is 7.05 Å². The van der Waals surface area contributed by atoms with Crippen molar-refractivity contribution in [1.29, 1.82) is 0 Å². The molecule has 0 aliphatic carbocycles. The normalized spacial score (nSPS) is 11.0. The van der Waals surface area contributed by atoms with E-state index in [2.05, 4.69) is 15.1 Å². The second-order valence-electron chi connectivity index (χ2n) is 5.88. The van der Waals surface area contributed by atoms with Gasteiger partial charge in [0.15, 0.2) is 0 Å². The predicted octanol–water partition coefficient (Wildman–Crippen LogP) is 3.43. The standard InChI is InChI=1S/C19H16FN5O/c1-25-9-13(19(24-25)11-5-3-4-6-14(11)20)18-12-7-15(21)17(26-2)8-16(12)22-10-23-18/h3-10H,21H2,1-2H3. The summed E-state index contributed by atoms with van der Waals surface area (Å²) >= 11 is 0. The zero-order chi connectivity index (χ0) is 18.3. The number of methoxy groups -OCH3 is 1. The van der Waals surface area contributed by atoms with Crippen LogP contribution in [-0.2, 0) is 7.05 Å². The minimum atomic E-state index is -0.341. The molecular formula is C19H16FN5O. The number of hydrogen-bond donors (Lipinski definition) is 1. The van der Waals surface area contributed by atoms with Crippen LogP contribution in [0.3, 0.4) is 0 Å². The molecule has 0 radical (unpaired) electrons. The number of fused-ring (bicyclic) bond motifs is 1. The predicted molar refractivity (Wildman–Crippen MR) is 98.1 cm³/mol. The Morgan fingerprint density at radius 3 is 2.65 bits per heavy atom. The zero-order valence-electron chi connectivity index (χ0n) is 14.3. The van der Waals surface area contributed by atoms with Gasteiger partial charge in [0.05, 0.1) is 24.0 Å². The molecule has 0 aliphatic rings. The number of rotatable bonds is 3. The molecule has 130 valence electrons. The lowest BCUT2D eigenvalue weighted by molar-refractivity contribution is 0.417. The first-order valence-electron chi connectivity index (χ1n) is 7.95. The SMILES string of the molecule is COc1cc2ncnc(-c3cn(C)nc3-c3ccccc3F)c2cc1N. The Kier molecular flexibility index (Phi) is 3.76. The van der Waals surface area contributed by atoms with Crippen molar-refractivity contribution >= 4 is 16.6 Å². The van der Waals surface area contributed by atoms with Gasteiger partial charge in [-0.25, -0.2) is 14.4 Å². The molecule has 0 spiro atoms. The van der Waals surface area contributed by atoms with E-state index in [1.807, 2.05) is 6.20 Å². The van der Waals surface area contributed by atoms with E-state index in [0.717, 1.165) is 5.39 Å². The van der Waals surface area contributed by atoms with E-state index >= 15 is 0 Å². The highest BCUT2D eigenvalue weighted by molar-refractivity contribution is 5.98. The number of ether oxygens (including phenoxy) is 1. The summed E-state index contributed by atoms with van der Waals surface area (Å²) in [6, 6.07) is 10.1. The Bertz CT molecular complexity index is 1120. The molecule has 2 aromatic heterocycles. The maximum absolute atomic E-state index is 14.3. The fraction of sp³-hybridized carbons (Fsp3) is 0.105. The minimum Gasteiger partial charge on any atom is -0.495 e. The van der Waals surface area contributed by atoms with Gasteiger partial charge in [-0.05, 0) is 18.2 Å². The van der Waals surface area contributed by atoms with Crippen LogP contribution in [0.1, 0.15) is 0 Å². The van der Waals surface area contributed by atoms with Crippen LogP contribution in [-0.4, -0.2) is 26.9 Å². The van der Waals surface area contributed by atoms with Crippen LogP contribution < -0.4 is 10.5 Å². The van der Waals surface area contributed by atoms with Crippen LogP contribution in [0, 0.1) is 5.82 Å². The zero-order valence-corrected chi connectivity index (χ0v) is 14.3. The van der Waals surface area contributed by atoms with Crippen LogP contribution in [0.2, 0.25) is 0 Å². The molecule has 0 atom stereocenters. The fourth-order valence-electron chi connectivity index (χ4n) is 3.01. The second kappa shape index (κ2) is 6.11. The van der Waals surface area contributed by atoms with E-state index in [9.17, 15) is 4.39 Å². The Balaban J connectivity index is 2.00. The molecule has 4 rings (SSSR count). The molecule has 0 unspecified atom stereocenters. The lowest BCUT2D eigenvalue weighted by Gasteiger charge is -2.09. The largest absolute Gasteiger partial charge is 0.495 e. The highest BCUT2D eigenvalue weighted by Crippen LogP contribution is 2.36. The van der Waals surface area contributed by atoms with Gasteiger partial charge in [-0.1, -0.05) is 12.1 Å². The van der Waals surface area contributed by atoms with Gasteiger partial charge in [-0.15, -0.1) is 0 Å². The Labute approximate surface area is 149 Å². The van der Waals surface area contributed by atoms with Crippen molar-refractivity contribution in [2.75, 3.05) is 12.8 Å². The molecule has 0 saturated heterocycles. The molecule has 26 heavy (non-hydrogen) atoms. The third-order valence-electron chi connectivity index (χ3n) is 4.20. The average molecular weight is 349 g/mol. The molecule has 6 nitrogen and oxygen atoms in total. The number of aryl methyl sites for hydroxylation is 1. The van der Waals surface area contributed by atoms with Crippen LogP contribution in [0.15, 0.2) is 48.9 Å². The molecule has 2 aromatic carbocycles. The van der Waals surface area contributed by atoms with Crippen molar-refractivity contribution < 1.29 is 9.13 Å². The first kappa shape index (κ1) is 16.0. The number of nitrogens with zero attached hydrogens (tertiary/aromatic N) is 4. The summed E-state index contributed by atoms with van der Waals surface area (Å²) in [4.78, 5) is 8.72. The van der Waals surface area contributed by atoms with Gasteiger partial charge < -0.3 is 10.5 Å². The van der Waals surface area contributed by atoms with E-state index in [-0.39, 0.29) is 5.82 Å². The Hall–Kier alpha value is -3.48. The summed E-state index contributed by atoms with van der Waals surface area (Å²) in [5, 5.41) is 5.19. The highest BCUT2D eigenvalue weighted by Gasteiger charge is 2.19. The van der Waals surface area contributed by atoms with Crippen LogP contribution in [0.25, 0.3) is 33.4 Å². The monoisotopic (exact) mass is 349 g/mol. The van der Waals surface area contributed by atoms with Gasteiger partial charge in [0.2, 0.25) is 0 Å². The van der Waals surface area contributed by atoms with Crippen molar-refractivity contribution in [2.45, 2.75) is 0 Å². The second-order valence-corrected chi connectivity index (χ2v) is 5.88. The maximum Gasteiger partial charge on any atom is 0.143 e. The number of anilines is 1. The topological polar surface area (TPSA) is 78.9 Å². The summed E-state index contributed by atoms with van der Waals surface area (Å²) < 4.78 is 21.2. The molecular weight excluding hydrogens is 333 g/mol. The summed E-state index contributed by atoms with van der Waals surface area (Å²) in [6.45, 7) is 0. The van der Waals surface area contributed by atoms with Crippen LogP contribution in [0.4, 0.5) is 10.1 Å². The Morgan fingerprint density at radius 1 is 1.08 bits per heavy atom. The molecule has 0 amide bonds. The molecule has 2 N–H and O–H groups in total. The summed E-state index contributed by atoms with van der Waals surface area (Å²) in [5.74, 6) is 0.203. The lowest BCUT2D eigenvalue weighted by atomic mass is 10.0. The van der Waals surface area contributed by atoms with Gasteiger partial charge in [0.25, 0.3) is 0 Å².